The second-order valence-corrected chi connectivity index (χ2v) is 7.22. The molecule has 5 nitrogen and oxygen atoms in total. The van der Waals surface area contributed by atoms with Crippen LogP contribution in [0.4, 0.5) is 4.79 Å². The van der Waals surface area contributed by atoms with Gasteiger partial charge in [-0.25, -0.2) is 4.79 Å². The summed E-state index contributed by atoms with van der Waals surface area (Å²) in [6, 6.07) is 0. The highest BCUT2D eigenvalue weighted by atomic mass is 16.6. The van der Waals surface area contributed by atoms with Gasteiger partial charge in [0, 0.05) is 20.5 Å². The van der Waals surface area contributed by atoms with Gasteiger partial charge in [0.2, 0.25) is 0 Å². The minimum absolute atomic E-state index is 0.112. The summed E-state index contributed by atoms with van der Waals surface area (Å²) in [6.07, 6.45) is 16.8. The Morgan fingerprint density at radius 2 is 1.08 bits per heavy atom. The van der Waals surface area contributed by atoms with Crippen LogP contribution >= 0.6 is 0 Å². The number of esters is 1. The molecule has 0 aliphatic rings. The van der Waals surface area contributed by atoms with Crippen LogP contribution in [0.1, 0.15) is 96.8 Å². The van der Waals surface area contributed by atoms with E-state index < -0.39 is 6.09 Å². The lowest BCUT2D eigenvalue weighted by Gasteiger charge is -2.11. The lowest BCUT2D eigenvalue weighted by atomic mass is 10.0. The van der Waals surface area contributed by atoms with Crippen molar-refractivity contribution < 1.29 is 19.1 Å². The summed E-state index contributed by atoms with van der Waals surface area (Å²) in [6.45, 7) is 2.51. The molecule has 0 spiro atoms. The maximum absolute atomic E-state index is 11.5. The molecule has 0 bridgehead atoms. The van der Waals surface area contributed by atoms with E-state index in [4.69, 9.17) is 9.47 Å². The predicted molar refractivity (Wildman–Crippen MR) is 106 cm³/mol. The Balaban J connectivity index is 3.22. The number of carbonyl (C=O) groups excluding carboxylic acids is 2. The van der Waals surface area contributed by atoms with Gasteiger partial charge in [0.05, 0.1) is 0 Å². The van der Waals surface area contributed by atoms with E-state index in [9.17, 15) is 9.59 Å². The highest BCUT2D eigenvalue weighted by Gasteiger charge is 2.06. The van der Waals surface area contributed by atoms with Gasteiger partial charge in [-0.15, -0.1) is 0 Å². The van der Waals surface area contributed by atoms with Gasteiger partial charge in [0.1, 0.15) is 13.2 Å². The van der Waals surface area contributed by atoms with Crippen LogP contribution < -0.4 is 0 Å². The molecule has 154 valence electrons. The average Bonchev–Trinajstić information content (AvgIpc) is 2.62. The highest BCUT2D eigenvalue weighted by molar-refractivity contribution is 5.69. The molecule has 0 heterocycles. The van der Waals surface area contributed by atoms with E-state index in [-0.39, 0.29) is 19.2 Å². The lowest BCUT2D eigenvalue weighted by Crippen LogP contribution is -2.24. The van der Waals surface area contributed by atoms with Crippen molar-refractivity contribution in [2.24, 2.45) is 0 Å². The van der Waals surface area contributed by atoms with E-state index in [1.165, 1.54) is 75.5 Å². The summed E-state index contributed by atoms with van der Waals surface area (Å²) in [4.78, 5) is 24.1. The van der Waals surface area contributed by atoms with Crippen molar-refractivity contribution in [3.05, 3.63) is 0 Å². The number of carbonyl (C=O) groups is 2. The molecule has 0 aromatic heterocycles. The summed E-state index contributed by atoms with van der Waals surface area (Å²) >= 11 is 0. The second kappa shape index (κ2) is 18.5. The fourth-order valence-corrected chi connectivity index (χ4v) is 2.77. The number of unbranched alkanes of at least 4 members (excludes halogenated alkanes) is 12. The molecular formula is C21H41NO4. The van der Waals surface area contributed by atoms with Gasteiger partial charge in [0.15, 0.2) is 0 Å². The van der Waals surface area contributed by atoms with Crippen molar-refractivity contribution in [1.29, 1.82) is 0 Å². The van der Waals surface area contributed by atoms with E-state index in [1.807, 2.05) is 0 Å². The lowest BCUT2D eigenvalue weighted by molar-refractivity contribution is -0.144. The third kappa shape index (κ3) is 17.6. The summed E-state index contributed by atoms with van der Waals surface area (Å²) in [7, 11) is 3.23. The molecule has 1 amide bonds. The number of nitrogens with zero attached hydrogens (tertiary/aromatic N) is 1. The topological polar surface area (TPSA) is 55.8 Å². The van der Waals surface area contributed by atoms with Crippen LogP contribution in [0.5, 0.6) is 0 Å². The van der Waals surface area contributed by atoms with Crippen LogP contribution in [-0.2, 0) is 14.3 Å². The van der Waals surface area contributed by atoms with Gasteiger partial charge >= 0.3 is 12.1 Å². The fraction of sp³-hybridized carbons (Fsp3) is 0.905. The molecule has 0 N–H and O–H groups in total. The smallest absolute Gasteiger partial charge is 0.409 e. The molecule has 0 fully saturated rings. The van der Waals surface area contributed by atoms with E-state index in [0.717, 1.165) is 12.8 Å². The van der Waals surface area contributed by atoms with Crippen molar-refractivity contribution in [2.75, 3.05) is 27.3 Å². The Morgan fingerprint density at radius 1 is 0.654 bits per heavy atom. The minimum atomic E-state index is -0.419. The third-order valence-corrected chi connectivity index (χ3v) is 4.42. The van der Waals surface area contributed by atoms with Crippen molar-refractivity contribution >= 4 is 12.1 Å². The molecule has 0 aliphatic carbocycles. The zero-order chi connectivity index (χ0) is 19.5. The van der Waals surface area contributed by atoms with E-state index in [1.54, 1.807) is 14.1 Å². The predicted octanol–water partition coefficient (Wildman–Crippen LogP) is 5.71. The largest absolute Gasteiger partial charge is 0.462 e. The Hall–Kier alpha value is -1.26. The molecule has 0 aromatic rings. The monoisotopic (exact) mass is 371 g/mol. The van der Waals surface area contributed by atoms with Gasteiger partial charge in [-0.2, -0.15) is 0 Å². The first-order valence-electron chi connectivity index (χ1n) is 10.6. The Labute approximate surface area is 160 Å². The zero-order valence-corrected chi connectivity index (χ0v) is 17.4. The molecular weight excluding hydrogens is 330 g/mol. The van der Waals surface area contributed by atoms with Crippen LogP contribution in [0, 0.1) is 0 Å². The molecule has 0 aromatic carbocycles. The van der Waals surface area contributed by atoms with Crippen LogP contribution in [0.3, 0.4) is 0 Å². The molecule has 0 radical (unpaired) electrons. The Morgan fingerprint density at radius 3 is 1.54 bits per heavy atom. The zero-order valence-electron chi connectivity index (χ0n) is 17.4. The molecule has 0 saturated heterocycles. The average molecular weight is 372 g/mol. The highest BCUT2D eigenvalue weighted by Crippen LogP contribution is 2.13. The SMILES string of the molecule is CCCCCCCCCCCCCCCC(=O)OCCOC(=O)N(C)C. The normalized spacial score (nSPS) is 10.6. The molecule has 0 rings (SSSR count). The number of hydrogen-bond donors (Lipinski definition) is 0. The Bertz CT molecular complexity index is 345. The molecule has 0 aliphatic heterocycles. The van der Waals surface area contributed by atoms with Crippen LogP contribution in [0.15, 0.2) is 0 Å². The number of hydrogen-bond acceptors (Lipinski definition) is 4. The van der Waals surface area contributed by atoms with Crippen molar-refractivity contribution in [1.82, 2.24) is 4.90 Å². The first kappa shape index (κ1) is 24.7. The Kier molecular flexibility index (Phi) is 17.6. The van der Waals surface area contributed by atoms with Crippen LogP contribution in [0.2, 0.25) is 0 Å². The molecule has 0 atom stereocenters. The van der Waals surface area contributed by atoms with Crippen molar-refractivity contribution in [3.8, 4) is 0 Å². The number of rotatable bonds is 17. The van der Waals surface area contributed by atoms with Crippen molar-refractivity contribution in [3.63, 3.8) is 0 Å². The van der Waals surface area contributed by atoms with E-state index in [2.05, 4.69) is 6.92 Å². The standard InChI is InChI=1S/C21H41NO4/c1-4-5-6-7-8-9-10-11-12-13-14-15-16-17-20(23)25-18-19-26-21(24)22(2)3/h4-19H2,1-3H3. The summed E-state index contributed by atoms with van der Waals surface area (Å²) in [5.41, 5.74) is 0. The maximum atomic E-state index is 11.5. The number of amides is 1. The van der Waals surface area contributed by atoms with E-state index in [0.29, 0.717) is 6.42 Å². The van der Waals surface area contributed by atoms with Gasteiger partial charge in [-0.3, -0.25) is 4.79 Å². The minimum Gasteiger partial charge on any atom is -0.462 e. The van der Waals surface area contributed by atoms with Gasteiger partial charge in [-0.05, 0) is 6.42 Å². The van der Waals surface area contributed by atoms with Crippen LogP contribution in [0.25, 0.3) is 0 Å². The fourth-order valence-electron chi connectivity index (χ4n) is 2.77. The molecule has 0 saturated carbocycles. The summed E-state index contributed by atoms with van der Waals surface area (Å²) < 4.78 is 9.93. The second-order valence-electron chi connectivity index (χ2n) is 7.22. The summed E-state index contributed by atoms with van der Waals surface area (Å²) in [5.74, 6) is -0.200. The third-order valence-electron chi connectivity index (χ3n) is 4.42. The summed E-state index contributed by atoms with van der Waals surface area (Å²) in [5, 5.41) is 0. The first-order valence-corrected chi connectivity index (χ1v) is 10.6. The molecule has 26 heavy (non-hydrogen) atoms. The first-order chi connectivity index (χ1) is 12.6. The van der Waals surface area contributed by atoms with Gasteiger partial charge < -0.3 is 14.4 Å². The van der Waals surface area contributed by atoms with E-state index >= 15 is 0 Å². The molecule has 5 heteroatoms. The van der Waals surface area contributed by atoms with Crippen LogP contribution in [-0.4, -0.2) is 44.3 Å². The molecule has 0 unspecified atom stereocenters. The number of ether oxygens (including phenoxy) is 2. The maximum Gasteiger partial charge on any atom is 0.409 e. The van der Waals surface area contributed by atoms with Crippen molar-refractivity contribution in [2.45, 2.75) is 96.8 Å². The van der Waals surface area contributed by atoms with Gasteiger partial charge in [0.25, 0.3) is 0 Å². The quantitative estimate of drug-likeness (QED) is 0.243. The van der Waals surface area contributed by atoms with Gasteiger partial charge in [-0.1, -0.05) is 84.0 Å².